The first-order chi connectivity index (χ1) is 10.8. The Kier molecular flexibility index (Phi) is 6.49. The molecule has 0 aliphatic carbocycles. The molecule has 0 fully saturated rings. The highest BCUT2D eigenvalue weighted by atomic mass is 16.5. The Bertz CT molecular complexity index is 698. The Balaban J connectivity index is 3.21. The van der Waals surface area contributed by atoms with Crippen LogP contribution in [0.25, 0.3) is 0 Å². The Morgan fingerprint density at radius 1 is 0.783 bits per heavy atom. The van der Waals surface area contributed by atoms with E-state index in [1.54, 1.807) is 6.92 Å². The van der Waals surface area contributed by atoms with Crippen molar-refractivity contribution in [3.8, 4) is 0 Å². The minimum Gasteiger partial charge on any atom is -0.464 e. The van der Waals surface area contributed by atoms with E-state index in [1.165, 1.54) is 13.8 Å². The van der Waals surface area contributed by atoms with E-state index in [2.05, 4.69) is 0 Å². The lowest BCUT2D eigenvalue weighted by molar-refractivity contribution is -0.142. The van der Waals surface area contributed by atoms with Gasteiger partial charge in [0.2, 0.25) is 0 Å². The molecule has 0 bridgehead atoms. The number of esters is 2. The maximum Gasteiger partial charge on any atom is 0.336 e. The van der Waals surface area contributed by atoms with Gasteiger partial charge in [-0.05, 0) is 6.92 Å². The number of aromatic nitrogens is 3. The van der Waals surface area contributed by atoms with Crippen LogP contribution in [0.15, 0.2) is 14.4 Å². The molecular weight excluding hydrogens is 310 g/mol. The van der Waals surface area contributed by atoms with Gasteiger partial charge in [-0.15, -0.1) is 0 Å². The fourth-order valence-electron chi connectivity index (χ4n) is 1.90. The number of ether oxygens (including phenoxy) is 2. The molecule has 0 radical (unpaired) electrons. The summed E-state index contributed by atoms with van der Waals surface area (Å²) in [5.41, 5.74) is -2.40. The lowest BCUT2D eigenvalue weighted by Gasteiger charge is -2.12. The van der Waals surface area contributed by atoms with Gasteiger partial charge < -0.3 is 9.47 Å². The highest BCUT2D eigenvalue weighted by Gasteiger charge is 2.14. The van der Waals surface area contributed by atoms with Gasteiger partial charge in [0.25, 0.3) is 0 Å². The van der Waals surface area contributed by atoms with Crippen molar-refractivity contribution < 1.29 is 19.1 Å². The number of hydrogen-bond donors (Lipinski definition) is 0. The molecular formula is C13H19N3O7. The van der Waals surface area contributed by atoms with Crippen LogP contribution >= 0.6 is 0 Å². The molecule has 0 atom stereocenters. The summed E-state index contributed by atoms with van der Waals surface area (Å²) in [7, 11) is 0. The zero-order valence-electron chi connectivity index (χ0n) is 13.2. The van der Waals surface area contributed by atoms with E-state index >= 15 is 0 Å². The van der Waals surface area contributed by atoms with Crippen molar-refractivity contribution in [2.24, 2.45) is 0 Å². The second-order valence-electron chi connectivity index (χ2n) is 4.58. The minimum absolute atomic E-state index is 0.0685. The molecule has 0 aromatic carbocycles. The second kappa shape index (κ2) is 8.11. The van der Waals surface area contributed by atoms with Crippen LogP contribution < -0.4 is 17.1 Å². The minimum atomic E-state index is -0.844. The smallest absolute Gasteiger partial charge is 0.336 e. The predicted molar refractivity (Wildman–Crippen MR) is 78.2 cm³/mol. The topological polar surface area (TPSA) is 119 Å². The van der Waals surface area contributed by atoms with Crippen molar-refractivity contribution >= 4 is 11.9 Å². The van der Waals surface area contributed by atoms with Gasteiger partial charge >= 0.3 is 29.0 Å². The summed E-state index contributed by atoms with van der Waals surface area (Å²) in [6.07, 6.45) is 0. The van der Waals surface area contributed by atoms with Crippen molar-refractivity contribution in [2.45, 2.75) is 40.4 Å². The van der Waals surface area contributed by atoms with Crippen LogP contribution in [-0.4, -0.2) is 38.9 Å². The number of hydrogen-bond acceptors (Lipinski definition) is 7. The summed E-state index contributed by atoms with van der Waals surface area (Å²) in [5.74, 6) is -1.09. The zero-order valence-corrected chi connectivity index (χ0v) is 13.2. The van der Waals surface area contributed by atoms with Gasteiger partial charge in [0.15, 0.2) is 0 Å². The van der Waals surface area contributed by atoms with E-state index in [-0.39, 0.29) is 32.8 Å². The van der Waals surface area contributed by atoms with Crippen molar-refractivity contribution in [2.75, 3.05) is 13.2 Å². The quantitative estimate of drug-likeness (QED) is 0.548. The summed E-state index contributed by atoms with van der Waals surface area (Å²) in [6, 6.07) is 0. The summed E-state index contributed by atoms with van der Waals surface area (Å²) in [6.45, 7) is 3.36. The molecule has 0 saturated carbocycles. The van der Waals surface area contributed by atoms with Gasteiger partial charge in [-0.25, -0.2) is 28.1 Å². The van der Waals surface area contributed by atoms with E-state index in [0.29, 0.717) is 0 Å². The van der Waals surface area contributed by atoms with Crippen molar-refractivity contribution in [3.63, 3.8) is 0 Å². The standard InChI is InChI=1S/C13H19N3O7/c1-4-14-11(19)15(5-7-22-9(2)17)13(21)16(12(14)20)6-8-23-10(3)18/h4-8H2,1-3H3. The lowest BCUT2D eigenvalue weighted by Crippen LogP contribution is -2.55. The third-order valence-electron chi connectivity index (χ3n) is 2.94. The van der Waals surface area contributed by atoms with Crippen molar-refractivity contribution in [1.82, 2.24) is 13.7 Å². The van der Waals surface area contributed by atoms with Crippen LogP contribution in [0.3, 0.4) is 0 Å². The van der Waals surface area contributed by atoms with Crippen LogP contribution in [0.2, 0.25) is 0 Å². The molecule has 0 spiro atoms. The van der Waals surface area contributed by atoms with Crippen molar-refractivity contribution in [3.05, 3.63) is 31.5 Å². The van der Waals surface area contributed by atoms with E-state index in [0.717, 1.165) is 13.7 Å². The third-order valence-corrected chi connectivity index (χ3v) is 2.94. The number of nitrogens with zero attached hydrogens (tertiary/aromatic N) is 3. The lowest BCUT2D eigenvalue weighted by atomic mass is 10.6. The summed E-state index contributed by atoms with van der Waals surface area (Å²) >= 11 is 0. The SMILES string of the molecule is CCn1c(=O)n(CCOC(C)=O)c(=O)n(CCOC(C)=O)c1=O. The van der Waals surface area contributed by atoms with E-state index < -0.39 is 29.0 Å². The molecule has 0 aliphatic heterocycles. The van der Waals surface area contributed by atoms with Crippen LogP contribution in [-0.2, 0) is 38.7 Å². The normalized spacial score (nSPS) is 10.4. The molecule has 1 aromatic rings. The van der Waals surface area contributed by atoms with Gasteiger partial charge in [-0.1, -0.05) is 0 Å². The number of carbonyl (C=O) groups is 2. The molecule has 0 saturated heterocycles. The molecule has 0 amide bonds. The fraction of sp³-hybridized carbons (Fsp3) is 0.615. The fourth-order valence-corrected chi connectivity index (χ4v) is 1.90. The van der Waals surface area contributed by atoms with E-state index in [4.69, 9.17) is 9.47 Å². The van der Waals surface area contributed by atoms with Crippen LogP contribution in [0.4, 0.5) is 0 Å². The molecule has 23 heavy (non-hydrogen) atoms. The first-order valence-electron chi connectivity index (χ1n) is 7.00. The third kappa shape index (κ3) is 4.66. The molecule has 0 unspecified atom stereocenters. The first-order valence-corrected chi connectivity index (χ1v) is 7.00. The maximum absolute atomic E-state index is 12.3. The van der Waals surface area contributed by atoms with Gasteiger partial charge in [0, 0.05) is 20.4 Å². The zero-order chi connectivity index (χ0) is 17.6. The molecule has 1 rings (SSSR count). The van der Waals surface area contributed by atoms with Gasteiger partial charge in [-0.3, -0.25) is 9.59 Å². The average Bonchev–Trinajstić information content (AvgIpc) is 2.46. The van der Waals surface area contributed by atoms with Gasteiger partial charge in [0.1, 0.15) is 13.2 Å². The molecule has 0 aliphatic rings. The maximum atomic E-state index is 12.3. The molecule has 128 valence electrons. The van der Waals surface area contributed by atoms with Crippen LogP contribution in [0.5, 0.6) is 0 Å². The van der Waals surface area contributed by atoms with Crippen LogP contribution in [0, 0.1) is 0 Å². The Morgan fingerprint density at radius 3 is 1.43 bits per heavy atom. The molecule has 10 heteroatoms. The molecule has 1 heterocycles. The summed E-state index contributed by atoms with van der Waals surface area (Å²) < 4.78 is 11.9. The highest BCUT2D eigenvalue weighted by molar-refractivity contribution is 5.66. The van der Waals surface area contributed by atoms with Gasteiger partial charge in [-0.2, -0.15) is 0 Å². The van der Waals surface area contributed by atoms with Crippen molar-refractivity contribution in [1.29, 1.82) is 0 Å². The van der Waals surface area contributed by atoms with E-state index in [1.807, 2.05) is 0 Å². The Hall–Kier alpha value is -2.65. The van der Waals surface area contributed by atoms with Crippen LogP contribution in [0.1, 0.15) is 20.8 Å². The van der Waals surface area contributed by atoms with Gasteiger partial charge in [0.05, 0.1) is 13.1 Å². The average molecular weight is 329 g/mol. The molecule has 1 aromatic heterocycles. The largest absolute Gasteiger partial charge is 0.464 e. The highest BCUT2D eigenvalue weighted by Crippen LogP contribution is 1.83. The molecule has 0 N–H and O–H groups in total. The Labute approximate surface area is 130 Å². The monoisotopic (exact) mass is 329 g/mol. The number of rotatable bonds is 7. The summed E-state index contributed by atoms with van der Waals surface area (Å²) in [4.78, 5) is 58.1. The Morgan fingerprint density at radius 2 is 1.13 bits per heavy atom. The second-order valence-corrected chi connectivity index (χ2v) is 4.58. The first kappa shape index (κ1) is 18.4. The number of carbonyl (C=O) groups excluding carboxylic acids is 2. The molecule has 10 nitrogen and oxygen atoms in total. The predicted octanol–water partition coefficient (Wildman–Crippen LogP) is -1.68. The van der Waals surface area contributed by atoms with E-state index in [9.17, 15) is 24.0 Å². The summed E-state index contributed by atoms with van der Waals surface area (Å²) in [5, 5.41) is 0.